The summed E-state index contributed by atoms with van der Waals surface area (Å²) in [7, 11) is 1.41. The molecule has 0 saturated carbocycles. The van der Waals surface area contributed by atoms with Crippen molar-refractivity contribution in [1.29, 1.82) is 0 Å². The molecule has 1 heterocycles. The molecule has 0 aliphatic carbocycles. The van der Waals surface area contributed by atoms with Gasteiger partial charge in [0, 0.05) is 18.7 Å². The number of nitrogens with zero attached hydrogens (tertiary/aromatic N) is 1. The predicted molar refractivity (Wildman–Crippen MR) is 102 cm³/mol. The van der Waals surface area contributed by atoms with Crippen LogP contribution >= 0.6 is 12.2 Å². The van der Waals surface area contributed by atoms with E-state index in [1.165, 1.54) is 12.7 Å². The highest BCUT2D eigenvalue weighted by molar-refractivity contribution is 7.80. The minimum absolute atomic E-state index is 0.0499. The van der Waals surface area contributed by atoms with Crippen molar-refractivity contribution in [1.82, 2.24) is 10.2 Å². The second-order valence-corrected chi connectivity index (χ2v) is 7.76. The Labute approximate surface area is 154 Å². The van der Waals surface area contributed by atoms with Crippen LogP contribution in [0.5, 0.6) is 0 Å². The standard InChI is InChI=1S/C19H26N2O3S/c1-19(2,3)15-7-5-13(6-8-15)16(22)20-18(25)21-11-9-14(10-12-21)17(23)24-4/h5-8,14H,9-12H2,1-4H3,(H,20,22,25). The van der Waals surface area contributed by atoms with Crippen molar-refractivity contribution in [2.75, 3.05) is 20.2 Å². The van der Waals surface area contributed by atoms with Gasteiger partial charge in [0.15, 0.2) is 5.11 Å². The summed E-state index contributed by atoms with van der Waals surface area (Å²) < 4.78 is 4.78. The van der Waals surface area contributed by atoms with Crippen LogP contribution in [0.25, 0.3) is 0 Å². The summed E-state index contributed by atoms with van der Waals surface area (Å²) >= 11 is 5.35. The number of methoxy groups -OCH3 is 1. The van der Waals surface area contributed by atoms with E-state index in [2.05, 4.69) is 26.1 Å². The first-order chi connectivity index (χ1) is 11.7. The summed E-state index contributed by atoms with van der Waals surface area (Å²) in [4.78, 5) is 25.9. The van der Waals surface area contributed by atoms with Crippen LogP contribution in [0.4, 0.5) is 0 Å². The van der Waals surface area contributed by atoms with Gasteiger partial charge in [-0.3, -0.25) is 14.9 Å². The Bertz CT molecular complexity index is 642. The van der Waals surface area contributed by atoms with Crippen LogP contribution in [0.2, 0.25) is 0 Å². The number of carbonyl (C=O) groups excluding carboxylic acids is 2. The van der Waals surface area contributed by atoms with Crippen molar-refractivity contribution in [3.05, 3.63) is 35.4 Å². The smallest absolute Gasteiger partial charge is 0.308 e. The largest absolute Gasteiger partial charge is 0.469 e. The highest BCUT2D eigenvalue weighted by Gasteiger charge is 2.27. The predicted octanol–water partition coefficient (Wildman–Crippen LogP) is 2.88. The Kier molecular flexibility index (Phi) is 6.16. The minimum atomic E-state index is -0.208. The number of carbonyl (C=O) groups is 2. The number of hydrogen-bond donors (Lipinski definition) is 1. The number of rotatable bonds is 2. The average molecular weight is 362 g/mol. The molecule has 1 aromatic rings. The molecule has 0 radical (unpaired) electrons. The van der Waals surface area contributed by atoms with E-state index in [1.807, 2.05) is 29.2 Å². The zero-order valence-corrected chi connectivity index (χ0v) is 16.1. The molecule has 0 bridgehead atoms. The first kappa shape index (κ1) is 19.4. The van der Waals surface area contributed by atoms with Crippen LogP contribution in [0, 0.1) is 5.92 Å². The van der Waals surface area contributed by atoms with Gasteiger partial charge in [-0.05, 0) is 48.2 Å². The SMILES string of the molecule is COC(=O)C1CCN(C(=S)NC(=O)c2ccc(C(C)(C)C)cc2)CC1. The van der Waals surface area contributed by atoms with Gasteiger partial charge in [-0.1, -0.05) is 32.9 Å². The molecule has 0 unspecified atom stereocenters. The van der Waals surface area contributed by atoms with Crippen molar-refractivity contribution in [2.45, 2.75) is 39.0 Å². The Hall–Kier alpha value is -1.95. The molecule has 1 amide bonds. The summed E-state index contributed by atoms with van der Waals surface area (Å²) in [6, 6.07) is 7.59. The van der Waals surface area contributed by atoms with E-state index < -0.39 is 0 Å². The number of ether oxygens (including phenoxy) is 1. The molecule has 1 N–H and O–H groups in total. The quantitative estimate of drug-likeness (QED) is 0.648. The second kappa shape index (κ2) is 7.95. The third-order valence-corrected chi connectivity index (χ3v) is 4.91. The summed E-state index contributed by atoms with van der Waals surface area (Å²) in [6.07, 6.45) is 1.37. The maximum absolute atomic E-state index is 12.4. The summed E-state index contributed by atoms with van der Waals surface area (Å²) in [6.45, 7) is 7.68. The number of benzene rings is 1. The van der Waals surface area contributed by atoms with E-state index in [-0.39, 0.29) is 23.2 Å². The van der Waals surface area contributed by atoms with Crippen molar-refractivity contribution < 1.29 is 14.3 Å². The molecule has 1 saturated heterocycles. The lowest BCUT2D eigenvalue weighted by atomic mass is 9.87. The number of nitrogens with one attached hydrogen (secondary N) is 1. The topological polar surface area (TPSA) is 58.6 Å². The zero-order valence-electron chi connectivity index (χ0n) is 15.3. The third kappa shape index (κ3) is 5.01. The molecule has 6 heteroatoms. The Morgan fingerprint density at radius 1 is 1.16 bits per heavy atom. The fourth-order valence-electron chi connectivity index (χ4n) is 2.85. The van der Waals surface area contributed by atoms with Gasteiger partial charge in [0.05, 0.1) is 13.0 Å². The molecule has 5 nitrogen and oxygen atoms in total. The highest BCUT2D eigenvalue weighted by atomic mass is 32.1. The van der Waals surface area contributed by atoms with Crippen LogP contribution in [0.3, 0.4) is 0 Å². The second-order valence-electron chi connectivity index (χ2n) is 7.37. The van der Waals surface area contributed by atoms with Gasteiger partial charge in [0.25, 0.3) is 5.91 Å². The van der Waals surface area contributed by atoms with E-state index in [0.29, 0.717) is 36.6 Å². The number of esters is 1. The van der Waals surface area contributed by atoms with E-state index in [9.17, 15) is 9.59 Å². The first-order valence-electron chi connectivity index (χ1n) is 8.51. The molecule has 0 aromatic heterocycles. The van der Waals surface area contributed by atoms with Crippen LogP contribution in [0.1, 0.15) is 49.5 Å². The van der Waals surface area contributed by atoms with E-state index >= 15 is 0 Å². The molecule has 0 atom stereocenters. The molecule has 1 aromatic carbocycles. The van der Waals surface area contributed by atoms with Gasteiger partial charge in [-0.25, -0.2) is 0 Å². The monoisotopic (exact) mass is 362 g/mol. The van der Waals surface area contributed by atoms with Gasteiger partial charge < -0.3 is 9.64 Å². The minimum Gasteiger partial charge on any atom is -0.469 e. The molecular weight excluding hydrogens is 336 g/mol. The number of likely N-dealkylation sites (tertiary alicyclic amines) is 1. The summed E-state index contributed by atoms with van der Waals surface area (Å²) in [5, 5.41) is 3.19. The van der Waals surface area contributed by atoms with Crippen LogP contribution in [-0.4, -0.2) is 42.1 Å². The molecule has 1 fully saturated rings. The molecule has 0 spiro atoms. The molecular formula is C19H26N2O3S. The maximum Gasteiger partial charge on any atom is 0.308 e. The molecule has 25 heavy (non-hydrogen) atoms. The van der Waals surface area contributed by atoms with Gasteiger partial charge in [0.1, 0.15) is 0 Å². The van der Waals surface area contributed by atoms with Crippen molar-refractivity contribution in [3.8, 4) is 0 Å². The lowest BCUT2D eigenvalue weighted by Crippen LogP contribution is -2.47. The number of piperidine rings is 1. The van der Waals surface area contributed by atoms with E-state index in [4.69, 9.17) is 17.0 Å². The fourth-order valence-corrected chi connectivity index (χ4v) is 3.13. The van der Waals surface area contributed by atoms with Gasteiger partial charge in [-0.2, -0.15) is 0 Å². The molecule has 1 aliphatic rings. The first-order valence-corrected chi connectivity index (χ1v) is 8.92. The summed E-state index contributed by atoms with van der Waals surface area (Å²) in [5.74, 6) is -0.459. The maximum atomic E-state index is 12.4. The van der Waals surface area contributed by atoms with E-state index in [1.54, 1.807) is 0 Å². The average Bonchev–Trinajstić information content (AvgIpc) is 2.60. The molecule has 136 valence electrons. The van der Waals surface area contributed by atoms with Crippen LogP contribution < -0.4 is 5.32 Å². The number of amides is 1. The Balaban J connectivity index is 1.90. The van der Waals surface area contributed by atoms with Crippen molar-refractivity contribution in [3.63, 3.8) is 0 Å². The number of thiocarbonyl (C=S) groups is 1. The normalized spacial score (nSPS) is 15.6. The lowest BCUT2D eigenvalue weighted by molar-refractivity contribution is -0.146. The van der Waals surface area contributed by atoms with Gasteiger partial charge in [-0.15, -0.1) is 0 Å². The van der Waals surface area contributed by atoms with Gasteiger partial charge >= 0.3 is 5.97 Å². The molecule has 1 aliphatic heterocycles. The van der Waals surface area contributed by atoms with Crippen molar-refractivity contribution >= 4 is 29.2 Å². The number of hydrogen-bond acceptors (Lipinski definition) is 4. The molecule has 2 rings (SSSR count). The van der Waals surface area contributed by atoms with Crippen molar-refractivity contribution in [2.24, 2.45) is 5.92 Å². The Morgan fingerprint density at radius 2 is 1.72 bits per heavy atom. The third-order valence-electron chi connectivity index (χ3n) is 4.55. The fraction of sp³-hybridized carbons (Fsp3) is 0.526. The van der Waals surface area contributed by atoms with E-state index in [0.717, 1.165) is 0 Å². The zero-order chi connectivity index (χ0) is 18.6. The van der Waals surface area contributed by atoms with Crippen LogP contribution in [0.15, 0.2) is 24.3 Å². The lowest BCUT2D eigenvalue weighted by Gasteiger charge is -2.32. The van der Waals surface area contributed by atoms with Crippen LogP contribution in [-0.2, 0) is 14.9 Å². The van der Waals surface area contributed by atoms with Gasteiger partial charge in [0.2, 0.25) is 0 Å². The summed E-state index contributed by atoms with van der Waals surface area (Å²) in [5.41, 5.74) is 1.81. The highest BCUT2D eigenvalue weighted by Crippen LogP contribution is 2.22. The Morgan fingerprint density at radius 3 is 2.20 bits per heavy atom.